The summed E-state index contributed by atoms with van der Waals surface area (Å²) in [5.41, 5.74) is 0.404. The van der Waals surface area contributed by atoms with Crippen LogP contribution < -0.4 is 4.83 Å². The molecule has 0 unspecified atom stereocenters. The maximum absolute atomic E-state index is 12.2. The van der Waals surface area contributed by atoms with Crippen LogP contribution in [0.3, 0.4) is 0 Å². The Hall–Kier alpha value is -1.24. The van der Waals surface area contributed by atoms with Crippen molar-refractivity contribution in [2.45, 2.75) is 31.1 Å². The predicted molar refractivity (Wildman–Crippen MR) is 72.2 cm³/mol. The molecule has 6 heteroatoms. The standard InChI is InChI=1S/C13H18N2O3S/c1-11(16)12-6-5-7-13(10-12)19(17,18)14-15-8-3-2-4-9-15/h5-7,10,14H,2-4,8-9H2,1H3. The molecular weight excluding hydrogens is 264 g/mol. The SMILES string of the molecule is CC(=O)c1cccc(S(=O)(=O)NN2CCCCC2)c1. The zero-order valence-corrected chi connectivity index (χ0v) is 11.7. The number of rotatable bonds is 4. The van der Waals surface area contributed by atoms with Gasteiger partial charge in [0.25, 0.3) is 10.0 Å². The molecule has 2 rings (SSSR count). The van der Waals surface area contributed by atoms with Gasteiger partial charge in [-0.15, -0.1) is 4.83 Å². The molecule has 0 radical (unpaired) electrons. The summed E-state index contributed by atoms with van der Waals surface area (Å²) in [7, 11) is -3.59. The van der Waals surface area contributed by atoms with Crippen LogP contribution in [0.4, 0.5) is 0 Å². The van der Waals surface area contributed by atoms with Gasteiger partial charge in [0.15, 0.2) is 5.78 Å². The van der Waals surface area contributed by atoms with Crippen LogP contribution in [0, 0.1) is 0 Å². The number of piperidine rings is 1. The van der Waals surface area contributed by atoms with Crippen LogP contribution in [0.25, 0.3) is 0 Å². The fraction of sp³-hybridized carbons (Fsp3) is 0.462. The highest BCUT2D eigenvalue weighted by molar-refractivity contribution is 7.89. The molecule has 1 aromatic rings. The van der Waals surface area contributed by atoms with Crippen LogP contribution in [-0.2, 0) is 10.0 Å². The normalized spacial score (nSPS) is 17.3. The van der Waals surface area contributed by atoms with Crippen molar-refractivity contribution in [3.05, 3.63) is 29.8 Å². The number of hydrogen-bond acceptors (Lipinski definition) is 4. The van der Waals surface area contributed by atoms with E-state index in [4.69, 9.17) is 0 Å². The van der Waals surface area contributed by atoms with Gasteiger partial charge in [0.2, 0.25) is 0 Å². The van der Waals surface area contributed by atoms with Gasteiger partial charge in [0.05, 0.1) is 4.90 Å². The number of hydrogen-bond donors (Lipinski definition) is 1. The Balaban J connectivity index is 2.18. The number of nitrogens with zero attached hydrogens (tertiary/aromatic N) is 1. The van der Waals surface area contributed by atoms with Crippen LogP contribution in [0.15, 0.2) is 29.2 Å². The van der Waals surface area contributed by atoms with Crippen molar-refractivity contribution in [2.75, 3.05) is 13.1 Å². The van der Waals surface area contributed by atoms with Gasteiger partial charge < -0.3 is 0 Å². The first kappa shape index (κ1) is 14.2. The van der Waals surface area contributed by atoms with Gasteiger partial charge in [-0.25, -0.2) is 13.4 Å². The highest BCUT2D eigenvalue weighted by Crippen LogP contribution is 2.14. The van der Waals surface area contributed by atoms with Gasteiger partial charge in [-0.1, -0.05) is 18.6 Å². The van der Waals surface area contributed by atoms with Gasteiger partial charge in [-0.05, 0) is 31.9 Å². The summed E-state index contributed by atoms with van der Waals surface area (Å²) in [5, 5.41) is 1.72. The van der Waals surface area contributed by atoms with Gasteiger partial charge >= 0.3 is 0 Å². The third-order valence-electron chi connectivity index (χ3n) is 3.16. The lowest BCUT2D eigenvalue weighted by Crippen LogP contribution is -2.44. The fourth-order valence-corrected chi connectivity index (χ4v) is 3.26. The number of carbonyl (C=O) groups is 1. The summed E-state index contributed by atoms with van der Waals surface area (Å²) in [5.74, 6) is -0.143. The van der Waals surface area contributed by atoms with Crippen LogP contribution in [0.2, 0.25) is 0 Å². The topological polar surface area (TPSA) is 66.5 Å². The lowest BCUT2D eigenvalue weighted by molar-refractivity contribution is 0.101. The van der Waals surface area contributed by atoms with Crippen LogP contribution in [-0.4, -0.2) is 32.3 Å². The number of carbonyl (C=O) groups excluding carboxylic acids is 1. The number of hydrazine groups is 1. The number of benzene rings is 1. The molecule has 0 spiro atoms. The molecule has 0 bridgehead atoms. The van der Waals surface area contributed by atoms with Gasteiger partial charge in [0, 0.05) is 18.7 Å². The third-order valence-corrected chi connectivity index (χ3v) is 4.53. The first-order valence-corrected chi connectivity index (χ1v) is 7.86. The van der Waals surface area contributed by atoms with E-state index in [1.807, 2.05) is 0 Å². The number of ketones is 1. The van der Waals surface area contributed by atoms with Crippen molar-refractivity contribution in [3.63, 3.8) is 0 Å². The average Bonchev–Trinajstić information content (AvgIpc) is 2.39. The van der Waals surface area contributed by atoms with E-state index in [1.54, 1.807) is 17.1 Å². The molecule has 5 nitrogen and oxygen atoms in total. The van der Waals surface area contributed by atoms with Crippen molar-refractivity contribution in [3.8, 4) is 0 Å². The number of sulfonamides is 1. The smallest absolute Gasteiger partial charge is 0.253 e. The van der Waals surface area contributed by atoms with Gasteiger partial charge in [-0.3, -0.25) is 4.79 Å². The van der Waals surface area contributed by atoms with E-state index in [9.17, 15) is 13.2 Å². The molecule has 0 aliphatic carbocycles. The molecule has 1 heterocycles. The van der Waals surface area contributed by atoms with Gasteiger partial charge in [-0.2, -0.15) is 0 Å². The molecule has 1 aliphatic rings. The zero-order chi connectivity index (χ0) is 13.9. The molecule has 1 N–H and O–H groups in total. The van der Waals surface area contributed by atoms with Crippen molar-refractivity contribution >= 4 is 15.8 Å². The summed E-state index contributed by atoms with van der Waals surface area (Å²) in [6.45, 7) is 2.88. The molecule has 1 aromatic carbocycles. The molecule has 1 aliphatic heterocycles. The van der Waals surface area contributed by atoms with E-state index < -0.39 is 10.0 Å². The minimum Gasteiger partial charge on any atom is -0.295 e. The Morgan fingerprint density at radius 1 is 1.21 bits per heavy atom. The summed E-state index contributed by atoms with van der Waals surface area (Å²) < 4.78 is 24.4. The minimum absolute atomic E-state index is 0.130. The van der Waals surface area contributed by atoms with Crippen LogP contribution in [0.1, 0.15) is 36.5 Å². The quantitative estimate of drug-likeness (QED) is 0.851. The first-order chi connectivity index (χ1) is 8.99. The number of Topliss-reactive ketones (excluding diaryl/α,β-unsaturated/α-hetero) is 1. The van der Waals surface area contributed by atoms with Crippen LogP contribution >= 0.6 is 0 Å². The van der Waals surface area contributed by atoms with Crippen molar-refractivity contribution in [1.82, 2.24) is 9.84 Å². The summed E-state index contributed by atoms with van der Waals surface area (Å²) in [4.78, 5) is 14.0. The predicted octanol–water partition coefficient (Wildman–Crippen LogP) is 1.57. The molecule has 19 heavy (non-hydrogen) atoms. The van der Waals surface area contributed by atoms with E-state index in [-0.39, 0.29) is 10.7 Å². The highest BCUT2D eigenvalue weighted by Gasteiger charge is 2.20. The van der Waals surface area contributed by atoms with Gasteiger partial charge in [0.1, 0.15) is 0 Å². The second-order valence-electron chi connectivity index (χ2n) is 4.73. The summed E-state index contributed by atoms with van der Waals surface area (Å²) >= 11 is 0. The van der Waals surface area contributed by atoms with E-state index >= 15 is 0 Å². The third kappa shape index (κ3) is 3.62. The Kier molecular flexibility index (Phi) is 4.34. The minimum atomic E-state index is -3.59. The highest BCUT2D eigenvalue weighted by atomic mass is 32.2. The molecule has 1 saturated heterocycles. The largest absolute Gasteiger partial charge is 0.295 e. The van der Waals surface area contributed by atoms with E-state index in [2.05, 4.69) is 4.83 Å². The Bertz CT molecular complexity index is 563. The molecule has 0 atom stereocenters. The first-order valence-electron chi connectivity index (χ1n) is 6.37. The lowest BCUT2D eigenvalue weighted by atomic mass is 10.2. The van der Waals surface area contributed by atoms with Crippen LogP contribution in [0.5, 0.6) is 0 Å². The van der Waals surface area contributed by atoms with E-state index in [1.165, 1.54) is 19.1 Å². The maximum Gasteiger partial charge on any atom is 0.253 e. The lowest BCUT2D eigenvalue weighted by Gasteiger charge is -2.26. The Morgan fingerprint density at radius 3 is 2.53 bits per heavy atom. The molecule has 0 aromatic heterocycles. The molecule has 1 fully saturated rings. The molecule has 0 amide bonds. The second-order valence-corrected chi connectivity index (χ2v) is 6.39. The number of nitrogens with one attached hydrogen (secondary N) is 1. The molecule has 104 valence electrons. The monoisotopic (exact) mass is 282 g/mol. The molecule has 0 saturated carbocycles. The summed E-state index contributed by atoms with van der Waals surface area (Å²) in [6, 6.07) is 6.11. The average molecular weight is 282 g/mol. The Labute approximate surface area is 113 Å². The van der Waals surface area contributed by atoms with Crippen molar-refractivity contribution in [1.29, 1.82) is 0 Å². The van der Waals surface area contributed by atoms with Crippen molar-refractivity contribution in [2.24, 2.45) is 0 Å². The molecular formula is C13H18N2O3S. The van der Waals surface area contributed by atoms with E-state index in [0.717, 1.165) is 32.4 Å². The fourth-order valence-electron chi connectivity index (χ4n) is 2.09. The Morgan fingerprint density at radius 2 is 1.89 bits per heavy atom. The summed E-state index contributed by atoms with van der Waals surface area (Å²) in [6.07, 6.45) is 3.13. The second kappa shape index (κ2) is 5.81. The van der Waals surface area contributed by atoms with E-state index in [0.29, 0.717) is 5.56 Å². The zero-order valence-electron chi connectivity index (χ0n) is 10.9. The van der Waals surface area contributed by atoms with Crippen molar-refractivity contribution < 1.29 is 13.2 Å². The maximum atomic E-state index is 12.2.